The molecule has 3 nitrogen and oxygen atoms in total. The summed E-state index contributed by atoms with van der Waals surface area (Å²) >= 11 is 3.66. The van der Waals surface area contributed by atoms with Crippen LogP contribution in [0.4, 0.5) is 0 Å². The van der Waals surface area contributed by atoms with E-state index in [-0.39, 0.29) is 0 Å². The van der Waals surface area contributed by atoms with Crippen molar-refractivity contribution < 1.29 is 14.3 Å². The summed E-state index contributed by atoms with van der Waals surface area (Å²) in [7, 11) is 1.57. The molecule has 0 aliphatic rings. The van der Waals surface area contributed by atoms with E-state index in [0.29, 0.717) is 23.7 Å². The lowest BCUT2D eigenvalue weighted by molar-refractivity contribution is 0.112. The van der Waals surface area contributed by atoms with Crippen LogP contribution in [0.25, 0.3) is 0 Å². The highest BCUT2D eigenvalue weighted by molar-refractivity contribution is 9.10. The summed E-state index contributed by atoms with van der Waals surface area (Å²) in [6.45, 7) is 8.89. The average Bonchev–Trinajstić information content (AvgIpc) is 2.58. The molecule has 122 valence electrons. The van der Waals surface area contributed by atoms with E-state index in [1.165, 1.54) is 27.8 Å². The Kier molecular flexibility index (Phi) is 5.47. The van der Waals surface area contributed by atoms with Gasteiger partial charge < -0.3 is 9.47 Å². The maximum Gasteiger partial charge on any atom is 0.161 e. The topological polar surface area (TPSA) is 35.5 Å². The first kappa shape index (κ1) is 17.5. The van der Waals surface area contributed by atoms with Crippen molar-refractivity contribution in [3.63, 3.8) is 0 Å². The van der Waals surface area contributed by atoms with E-state index in [0.717, 1.165) is 10.8 Å². The Morgan fingerprint density at radius 3 is 2.13 bits per heavy atom. The predicted octanol–water partition coefficient (Wildman–Crippen LogP) is 5.08. The minimum atomic E-state index is 0.462. The van der Waals surface area contributed by atoms with Crippen molar-refractivity contribution in [3.8, 4) is 11.5 Å². The molecule has 2 rings (SSSR count). The van der Waals surface area contributed by atoms with Crippen molar-refractivity contribution in [2.24, 2.45) is 0 Å². The van der Waals surface area contributed by atoms with Gasteiger partial charge in [-0.25, -0.2) is 0 Å². The van der Waals surface area contributed by atoms with Crippen molar-refractivity contribution in [1.29, 1.82) is 0 Å². The zero-order valence-electron chi connectivity index (χ0n) is 14.1. The van der Waals surface area contributed by atoms with Gasteiger partial charge in [-0.1, -0.05) is 15.9 Å². The summed E-state index contributed by atoms with van der Waals surface area (Å²) < 4.78 is 12.4. The first-order valence-corrected chi connectivity index (χ1v) is 8.20. The Morgan fingerprint density at radius 1 is 1.00 bits per heavy atom. The molecular weight excluding hydrogens is 356 g/mol. The second-order valence-corrected chi connectivity index (χ2v) is 6.40. The summed E-state index contributed by atoms with van der Waals surface area (Å²) in [5, 5.41) is 0. The van der Waals surface area contributed by atoms with Crippen LogP contribution in [-0.2, 0) is 6.61 Å². The summed E-state index contributed by atoms with van der Waals surface area (Å²) in [6, 6.07) is 5.18. The molecule has 0 unspecified atom stereocenters. The minimum Gasteiger partial charge on any atom is -0.493 e. The van der Waals surface area contributed by atoms with E-state index < -0.39 is 0 Å². The second-order valence-electron chi connectivity index (χ2n) is 5.61. The van der Waals surface area contributed by atoms with E-state index in [2.05, 4.69) is 43.6 Å². The largest absolute Gasteiger partial charge is 0.493 e. The van der Waals surface area contributed by atoms with Crippen LogP contribution < -0.4 is 9.47 Å². The number of benzene rings is 2. The van der Waals surface area contributed by atoms with Crippen LogP contribution in [-0.4, -0.2) is 13.4 Å². The van der Waals surface area contributed by atoms with E-state index in [9.17, 15) is 4.79 Å². The third kappa shape index (κ3) is 3.42. The lowest BCUT2D eigenvalue weighted by Crippen LogP contribution is -2.06. The van der Waals surface area contributed by atoms with Crippen LogP contribution in [0.5, 0.6) is 11.5 Å². The van der Waals surface area contributed by atoms with Gasteiger partial charge in [0.05, 0.1) is 7.11 Å². The van der Waals surface area contributed by atoms with Crippen molar-refractivity contribution in [2.45, 2.75) is 34.3 Å². The van der Waals surface area contributed by atoms with Crippen molar-refractivity contribution in [1.82, 2.24) is 0 Å². The molecule has 0 saturated heterocycles. The number of methoxy groups -OCH3 is 1. The third-order valence-corrected chi connectivity index (χ3v) is 5.57. The summed E-state index contributed by atoms with van der Waals surface area (Å²) in [5.41, 5.74) is 6.67. The fraction of sp³-hybridized carbons (Fsp3) is 0.316. The third-order valence-electron chi connectivity index (χ3n) is 4.38. The minimum absolute atomic E-state index is 0.462. The molecule has 4 heteroatoms. The number of hydrogen-bond donors (Lipinski definition) is 0. The molecule has 0 spiro atoms. The highest BCUT2D eigenvalue weighted by Gasteiger charge is 2.14. The van der Waals surface area contributed by atoms with Crippen LogP contribution in [0, 0.1) is 27.7 Å². The summed E-state index contributed by atoms with van der Waals surface area (Å²) in [5.74, 6) is 1.20. The Morgan fingerprint density at radius 2 is 1.61 bits per heavy atom. The molecule has 2 aromatic rings. The van der Waals surface area contributed by atoms with Crippen LogP contribution in [0.3, 0.4) is 0 Å². The maximum atomic E-state index is 10.9. The fourth-order valence-electron chi connectivity index (χ4n) is 2.59. The molecule has 0 saturated carbocycles. The molecule has 0 radical (unpaired) electrons. The molecule has 0 amide bonds. The lowest BCUT2D eigenvalue weighted by atomic mass is 9.95. The predicted molar refractivity (Wildman–Crippen MR) is 95.8 cm³/mol. The van der Waals surface area contributed by atoms with Gasteiger partial charge in [-0.2, -0.15) is 0 Å². The molecule has 0 aromatic heterocycles. The Labute approximate surface area is 145 Å². The Balaban J connectivity index is 2.34. The van der Waals surface area contributed by atoms with E-state index in [1.54, 1.807) is 25.3 Å². The molecule has 0 aliphatic carbocycles. The number of hydrogen-bond acceptors (Lipinski definition) is 3. The van der Waals surface area contributed by atoms with Gasteiger partial charge in [0.2, 0.25) is 0 Å². The van der Waals surface area contributed by atoms with Crippen LogP contribution in [0.15, 0.2) is 22.7 Å². The van der Waals surface area contributed by atoms with Gasteiger partial charge in [0.1, 0.15) is 12.9 Å². The molecule has 0 N–H and O–H groups in total. The number of rotatable bonds is 5. The lowest BCUT2D eigenvalue weighted by Gasteiger charge is -2.19. The van der Waals surface area contributed by atoms with E-state index >= 15 is 0 Å². The van der Waals surface area contributed by atoms with Gasteiger partial charge in [0.15, 0.2) is 11.5 Å². The molecule has 0 atom stereocenters. The average molecular weight is 377 g/mol. The van der Waals surface area contributed by atoms with Gasteiger partial charge in [-0.15, -0.1) is 0 Å². The standard InChI is InChI=1S/C19H21BrO3/c1-11-13(3)19(20)14(4)12(2)16(11)10-23-17-7-6-15(9-21)8-18(17)22-5/h6-9H,10H2,1-5H3. The molecular formula is C19H21BrO3. The molecule has 0 bridgehead atoms. The Bertz CT molecular complexity index is 722. The fourth-order valence-corrected chi connectivity index (χ4v) is 3.18. The molecule has 0 fully saturated rings. The zero-order valence-corrected chi connectivity index (χ0v) is 15.7. The number of halogens is 1. The number of ether oxygens (including phenoxy) is 2. The molecule has 0 heterocycles. The summed E-state index contributed by atoms with van der Waals surface area (Å²) in [6.07, 6.45) is 0.794. The SMILES string of the molecule is COc1cc(C=O)ccc1OCc1c(C)c(C)c(Br)c(C)c1C. The number of aldehydes is 1. The van der Waals surface area contributed by atoms with Crippen molar-refractivity contribution in [2.75, 3.05) is 7.11 Å². The monoisotopic (exact) mass is 376 g/mol. The number of carbonyl (C=O) groups is 1. The van der Waals surface area contributed by atoms with Crippen molar-refractivity contribution >= 4 is 22.2 Å². The quantitative estimate of drug-likeness (QED) is 0.682. The first-order valence-electron chi connectivity index (χ1n) is 7.41. The Hall–Kier alpha value is -1.81. The smallest absolute Gasteiger partial charge is 0.161 e. The second kappa shape index (κ2) is 7.18. The highest BCUT2D eigenvalue weighted by atomic mass is 79.9. The normalized spacial score (nSPS) is 10.5. The van der Waals surface area contributed by atoms with Crippen molar-refractivity contribution in [3.05, 3.63) is 56.1 Å². The van der Waals surface area contributed by atoms with Gasteiger partial charge in [-0.05, 0) is 73.7 Å². The maximum absolute atomic E-state index is 10.9. The van der Waals surface area contributed by atoms with Crippen LogP contribution >= 0.6 is 15.9 Å². The molecule has 23 heavy (non-hydrogen) atoms. The van der Waals surface area contributed by atoms with Gasteiger partial charge >= 0.3 is 0 Å². The van der Waals surface area contributed by atoms with Crippen LogP contribution in [0.2, 0.25) is 0 Å². The van der Waals surface area contributed by atoms with E-state index in [4.69, 9.17) is 9.47 Å². The number of carbonyl (C=O) groups excluding carboxylic acids is 1. The molecule has 2 aromatic carbocycles. The van der Waals surface area contributed by atoms with Gasteiger partial charge in [-0.3, -0.25) is 4.79 Å². The van der Waals surface area contributed by atoms with E-state index in [1.807, 2.05) is 0 Å². The summed E-state index contributed by atoms with van der Waals surface area (Å²) in [4.78, 5) is 10.9. The highest BCUT2D eigenvalue weighted by Crippen LogP contribution is 2.33. The van der Waals surface area contributed by atoms with Gasteiger partial charge in [0.25, 0.3) is 0 Å². The zero-order chi connectivity index (χ0) is 17.1. The van der Waals surface area contributed by atoms with Gasteiger partial charge in [0, 0.05) is 10.0 Å². The molecule has 0 aliphatic heterocycles. The first-order chi connectivity index (χ1) is 10.9. The van der Waals surface area contributed by atoms with Crippen LogP contribution in [0.1, 0.15) is 38.2 Å².